The van der Waals surface area contributed by atoms with Crippen molar-refractivity contribution < 1.29 is 4.74 Å². The molecule has 0 fully saturated rings. The highest BCUT2D eigenvalue weighted by Crippen LogP contribution is 2.32. The van der Waals surface area contributed by atoms with Crippen LogP contribution in [0.4, 0.5) is 5.69 Å². The number of hydrogen-bond acceptors (Lipinski definition) is 2. The second-order valence-electron chi connectivity index (χ2n) is 5.71. The molecular formula is C19H25NO. The summed E-state index contributed by atoms with van der Waals surface area (Å²) in [5, 5.41) is 3.65. The lowest BCUT2D eigenvalue weighted by Crippen LogP contribution is -2.17. The summed E-state index contributed by atoms with van der Waals surface area (Å²) < 4.78 is 5.77. The van der Waals surface area contributed by atoms with E-state index in [2.05, 4.69) is 74.6 Å². The molecule has 1 unspecified atom stereocenters. The zero-order chi connectivity index (χ0) is 15.2. The van der Waals surface area contributed by atoms with Crippen LogP contribution in [0, 0.1) is 12.8 Å². The third-order valence-corrected chi connectivity index (χ3v) is 3.57. The third kappa shape index (κ3) is 4.01. The Bertz CT molecular complexity index is 563. The van der Waals surface area contributed by atoms with Crippen LogP contribution in [-0.2, 0) is 0 Å². The average Bonchev–Trinajstić information content (AvgIpc) is 2.47. The topological polar surface area (TPSA) is 21.3 Å². The number of nitrogens with one attached hydrogen (secondary N) is 1. The molecule has 2 aromatic rings. The molecule has 2 heteroatoms. The van der Waals surface area contributed by atoms with Crippen molar-refractivity contribution in [2.45, 2.75) is 33.7 Å². The summed E-state index contributed by atoms with van der Waals surface area (Å²) in [5.74, 6) is 1.42. The lowest BCUT2D eigenvalue weighted by atomic mass is 9.95. The van der Waals surface area contributed by atoms with Gasteiger partial charge < -0.3 is 10.1 Å². The molecular weight excluding hydrogens is 258 g/mol. The first-order chi connectivity index (χ1) is 10.1. The second-order valence-corrected chi connectivity index (χ2v) is 5.71. The lowest BCUT2D eigenvalue weighted by molar-refractivity contribution is 0.341. The zero-order valence-corrected chi connectivity index (χ0v) is 13.4. The summed E-state index contributed by atoms with van der Waals surface area (Å²) >= 11 is 0. The van der Waals surface area contributed by atoms with Crippen molar-refractivity contribution in [2.24, 2.45) is 5.92 Å². The molecule has 0 bridgehead atoms. The fraction of sp³-hybridized carbons (Fsp3) is 0.368. The Kier molecular flexibility index (Phi) is 5.26. The van der Waals surface area contributed by atoms with Gasteiger partial charge in [-0.3, -0.25) is 0 Å². The molecule has 21 heavy (non-hydrogen) atoms. The summed E-state index contributed by atoms with van der Waals surface area (Å²) in [6.45, 7) is 9.25. The van der Waals surface area contributed by atoms with Gasteiger partial charge in [0.1, 0.15) is 5.75 Å². The Labute approximate surface area is 128 Å². The first kappa shape index (κ1) is 15.4. The van der Waals surface area contributed by atoms with Gasteiger partial charge in [0.15, 0.2) is 0 Å². The summed E-state index contributed by atoms with van der Waals surface area (Å²) in [5.41, 5.74) is 3.57. The molecule has 0 aliphatic rings. The van der Waals surface area contributed by atoms with Crippen molar-refractivity contribution in [3.05, 3.63) is 59.7 Å². The van der Waals surface area contributed by atoms with E-state index in [-0.39, 0.29) is 6.04 Å². The molecule has 0 spiro atoms. The van der Waals surface area contributed by atoms with Gasteiger partial charge in [-0.05, 0) is 43.0 Å². The van der Waals surface area contributed by atoms with Crippen molar-refractivity contribution in [1.29, 1.82) is 0 Å². The molecule has 0 saturated carbocycles. The molecule has 0 aromatic heterocycles. The first-order valence-electron chi connectivity index (χ1n) is 7.66. The predicted molar refractivity (Wildman–Crippen MR) is 90.0 cm³/mol. The van der Waals surface area contributed by atoms with E-state index < -0.39 is 0 Å². The van der Waals surface area contributed by atoms with Crippen LogP contribution in [0.15, 0.2) is 48.5 Å². The first-order valence-corrected chi connectivity index (χ1v) is 7.66. The highest BCUT2D eigenvalue weighted by Gasteiger charge is 2.17. The van der Waals surface area contributed by atoms with Crippen LogP contribution in [0.2, 0.25) is 0 Å². The molecule has 0 heterocycles. The quantitative estimate of drug-likeness (QED) is 0.786. The van der Waals surface area contributed by atoms with Crippen LogP contribution in [0.25, 0.3) is 0 Å². The average molecular weight is 283 g/mol. The van der Waals surface area contributed by atoms with Gasteiger partial charge in [0.05, 0.1) is 18.3 Å². The maximum atomic E-state index is 5.77. The largest absolute Gasteiger partial charge is 0.492 e. The van der Waals surface area contributed by atoms with Crippen LogP contribution in [-0.4, -0.2) is 6.61 Å². The maximum Gasteiger partial charge on any atom is 0.142 e. The number of rotatable bonds is 6. The van der Waals surface area contributed by atoms with Crippen LogP contribution in [0.5, 0.6) is 5.75 Å². The minimum atomic E-state index is 0.271. The molecule has 2 aromatic carbocycles. The van der Waals surface area contributed by atoms with E-state index in [1.165, 1.54) is 11.1 Å². The van der Waals surface area contributed by atoms with Crippen LogP contribution in [0.3, 0.4) is 0 Å². The van der Waals surface area contributed by atoms with Crippen LogP contribution in [0.1, 0.15) is 37.9 Å². The Balaban J connectivity index is 2.29. The summed E-state index contributed by atoms with van der Waals surface area (Å²) in [6, 6.07) is 17.2. The van der Waals surface area contributed by atoms with Crippen LogP contribution < -0.4 is 10.1 Å². The van der Waals surface area contributed by atoms with Gasteiger partial charge in [0.2, 0.25) is 0 Å². The van der Waals surface area contributed by atoms with Crippen molar-refractivity contribution in [1.82, 2.24) is 0 Å². The van der Waals surface area contributed by atoms with Crippen molar-refractivity contribution in [2.75, 3.05) is 11.9 Å². The van der Waals surface area contributed by atoms with E-state index >= 15 is 0 Å². The fourth-order valence-corrected chi connectivity index (χ4v) is 2.49. The predicted octanol–water partition coefficient (Wildman–Crippen LogP) is 5.20. The molecule has 0 amide bonds. The SMILES string of the molecule is CCOc1cc(C)ccc1NC(c1ccccc1)C(C)C. The van der Waals surface area contributed by atoms with Gasteiger partial charge in [0, 0.05) is 0 Å². The summed E-state index contributed by atoms with van der Waals surface area (Å²) in [4.78, 5) is 0. The highest BCUT2D eigenvalue weighted by molar-refractivity contribution is 5.59. The molecule has 1 atom stereocenters. The number of benzene rings is 2. The van der Waals surface area contributed by atoms with E-state index in [0.717, 1.165) is 11.4 Å². The molecule has 112 valence electrons. The number of ether oxygens (including phenoxy) is 1. The van der Waals surface area contributed by atoms with Gasteiger partial charge in [-0.1, -0.05) is 50.2 Å². The van der Waals surface area contributed by atoms with Gasteiger partial charge in [-0.25, -0.2) is 0 Å². The number of anilines is 1. The van der Waals surface area contributed by atoms with Gasteiger partial charge >= 0.3 is 0 Å². The molecule has 1 N–H and O–H groups in total. The van der Waals surface area contributed by atoms with E-state index in [1.807, 2.05) is 6.92 Å². The third-order valence-electron chi connectivity index (χ3n) is 3.57. The molecule has 2 rings (SSSR count). The maximum absolute atomic E-state index is 5.77. The Morgan fingerprint density at radius 2 is 1.76 bits per heavy atom. The second kappa shape index (κ2) is 7.16. The molecule has 0 saturated heterocycles. The van der Waals surface area contributed by atoms with Gasteiger partial charge in [-0.2, -0.15) is 0 Å². The zero-order valence-electron chi connectivity index (χ0n) is 13.4. The lowest BCUT2D eigenvalue weighted by Gasteiger charge is -2.25. The normalized spacial score (nSPS) is 12.2. The van der Waals surface area contributed by atoms with E-state index in [1.54, 1.807) is 0 Å². The monoisotopic (exact) mass is 283 g/mol. The Hall–Kier alpha value is -1.96. The fourth-order valence-electron chi connectivity index (χ4n) is 2.49. The minimum absolute atomic E-state index is 0.271. The van der Waals surface area contributed by atoms with E-state index in [9.17, 15) is 0 Å². The summed E-state index contributed by atoms with van der Waals surface area (Å²) in [6.07, 6.45) is 0. The molecule has 0 aliphatic heterocycles. The highest BCUT2D eigenvalue weighted by atomic mass is 16.5. The molecule has 0 aliphatic carbocycles. The van der Waals surface area contributed by atoms with Gasteiger partial charge in [0.25, 0.3) is 0 Å². The van der Waals surface area contributed by atoms with E-state index in [0.29, 0.717) is 12.5 Å². The van der Waals surface area contributed by atoms with Crippen molar-refractivity contribution in [3.8, 4) is 5.75 Å². The Morgan fingerprint density at radius 1 is 1.05 bits per heavy atom. The molecule has 0 radical (unpaired) electrons. The van der Waals surface area contributed by atoms with Crippen LogP contribution >= 0.6 is 0 Å². The summed E-state index contributed by atoms with van der Waals surface area (Å²) in [7, 11) is 0. The van der Waals surface area contributed by atoms with Gasteiger partial charge in [-0.15, -0.1) is 0 Å². The molecule has 2 nitrogen and oxygen atoms in total. The van der Waals surface area contributed by atoms with Crippen molar-refractivity contribution in [3.63, 3.8) is 0 Å². The number of hydrogen-bond donors (Lipinski definition) is 1. The van der Waals surface area contributed by atoms with Crippen molar-refractivity contribution >= 4 is 5.69 Å². The standard InChI is InChI=1S/C19H25NO/c1-5-21-18-13-15(4)11-12-17(18)20-19(14(2)3)16-9-7-6-8-10-16/h6-14,19-20H,5H2,1-4H3. The smallest absolute Gasteiger partial charge is 0.142 e. The van der Waals surface area contributed by atoms with E-state index in [4.69, 9.17) is 4.74 Å². The number of aryl methyl sites for hydroxylation is 1. The Morgan fingerprint density at radius 3 is 2.38 bits per heavy atom. The minimum Gasteiger partial charge on any atom is -0.492 e.